The summed E-state index contributed by atoms with van der Waals surface area (Å²) in [6, 6.07) is 14.6. The van der Waals surface area contributed by atoms with Gasteiger partial charge in [0, 0.05) is 17.5 Å². The average Bonchev–Trinajstić information content (AvgIpc) is 2.87. The van der Waals surface area contributed by atoms with Crippen LogP contribution in [0.3, 0.4) is 0 Å². The smallest absolute Gasteiger partial charge is 0.262 e. The third-order valence-corrected chi connectivity index (χ3v) is 6.72. The Hall–Kier alpha value is -4.18. The van der Waals surface area contributed by atoms with Gasteiger partial charge in [0.1, 0.15) is 5.75 Å². The van der Waals surface area contributed by atoms with Crippen LogP contribution in [0.5, 0.6) is 23.0 Å². The second-order valence-electron chi connectivity index (χ2n) is 7.60. The number of nitrogens with one attached hydrogen (secondary N) is 2. The maximum absolute atomic E-state index is 13.0. The summed E-state index contributed by atoms with van der Waals surface area (Å²) in [6.45, 7) is 1.68. The molecule has 0 saturated carbocycles. The van der Waals surface area contributed by atoms with E-state index in [2.05, 4.69) is 10.0 Å². The number of anilines is 2. The predicted octanol–water partition coefficient (Wildman–Crippen LogP) is 4.48. The molecule has 0 spiro atoms. The van der Waals surface area contributed by atoms with E-state index in [0.29, 0.717) is 45.5 Å². The third-order valence-electron chi connectivity index (χ3n) is 5.20. The summed E-state index contributed by atoms with van der Waals surface area (Å²) in [6.07, 6.45) is 2.90. The van der Waals surface area contributed by atoms with Crippen LogP contribution in [0.4, 0.5) is 11.4 Å². The molecule has 0 fully saturated rings. The van der Waals surface area contributed by atoms with E-state index >= 15 is 0 Å². The number of benzene rings is 3. The van der Waals surface area contributed by atoms with Gasteiger partial charge in [0.05, 0.1) is 33.3 Å². The largest absolute Gasteiger partial charge is 0.497 e. The Morgan fingerprint density at radius 2 is 1.42 bits per heavy atom. The molecule has 0 aliphatic heterocycles. The van der Waals surface area contributed by atoms with Gasteiger partial charge >= 0.3 is 0 Å². The zero-order valence-corrected chi connectivity index (χ0v) is 21.4. The van der Waals surface area contributed by atoms with Crippen LogP contribution in [0.2, 0.25) is 0 Å². The molecule has 3 rings (SSSR count). The van der Waals surface area contributed by atoms with Crippen molar-refractivity contribution in [2.75, 3.05) is 38.5 Å². The first-order chi connectivity index (χ1) is 17.2. The van der Waals surface area contributed by atoms with E-state index in [9.17, 15) is 13.2 Å². The topological polar surface area (TPSA) is 112 Å². The standard InChI is InChI=1S/C26H28N2O7S/c1-17-6-8-20(16-24(17)36(30,31)28-19-9-11-21(32-2)12-10-19)27-25(29)13-7-18-14-22(33-3)26(35-5)23(15-18)34-4/h6-16,28H,1-5H3,(H,27,29). The van der Waals surface area contributed by atoms with Gasteiger partial charge in [-0.25, -0.2) is 8.42 Å². The van der Waals surface area contributed by atoms with E-state index in [1.165, 1.54) is 40.6 Å². The number of carbonyl (C=O) groups excluding carboxylic acids is 1. The first-order valence-electron chi connectivity index (χ1n) is 10.8. The summed E-state index contributed by atoms with van der Waals surface area (Å²) < 4.78 is 49.6. The summed E-state index contributed by atoms with van der Waals surface area (Å²) in [5.41, 5.74) is 1.89. The number of aryl methyl sites for hydroxylation is 1. The zero-order chi connectivity index (χ0) is 26.3. The van der Waals surface area contributed by atoms with Crippen LogP contribution in [0.1, 0.15) is 11.1 Å². The summed E-state index contributed by atoms with van der Waals surface area (Å²) in [4.78, 5) is 12.6. The molecule has 10 heteroatoms. The van der Waals surface area contributed by atoms with Crippen LogP contribution in [0, 0.1) is 6.92 Å². The average molecular weight is 513 g/mol. The van der Waals surface area contributed by atoms with E-state index in [-0.39, 0.29) is 4.90 Å². The third kappa shape index (κ3) is 6.28. The van der Waals surface area contributed by atoms with Gasteiger partial charge in [-0.2, -0.15) is 0 Å². The van der Waals surface area contributed by atoms with Crippen LogP contribution in [0.15, 0.2) is 65.6 Å². The molecular weight excluding hydrogens is 484 g/mol. The van der Waals surface area contributed by atoms with Gasteiger partial charge in [0.15, 0.2) is 11.5 Å². The summed E-state index contributed by atoms with van der Waals surface area (Å²) in [5, 5.41) is 2.69. The first-order valence-corrected chi connectivity index (χ1v) is 12.3. The van der Waals surface area contributed by atoms with Crippen molar-refractivity contribution in [1.29, 1.82) is 0 Å². The molecule has 190 valence electrons. The van der Waals surface area contributed by atoms with E-state index in [4.69, 9.17) is 18.9 Å². The lowest BCUT2D eigenvalue weighted by molar-refractivity contribution is -0.111. The molecule has 0 heterocycles. The van der Waals surface area contributed by atoms with Crippen LogP contribution in [-0.4, -0.2) is 42.8 Å². The monoisotopic (exact) mass is 512 g/mol. The number of hydrogen-bond acceptors (Lipinski definition) is 7. The Morgan fingerprint density at radius 3 is 1.97 bits per heavy atom. The molecule has 9 nitrogen and oxygen atoms in total. The summed E-state index contributed by atoms with van der Waals surface area (Å²) >= 11 is 0. The maximum atomic E-state index is 13.0. The van der Waals surface area contributed by atoms with Crippen LogP contribution < -0.4 is 29.0 Å². The minimum atomic E-state index is -3.90. The lowest BCUT2D eigenvalue weighted by Gasteiger charge is -2.13. The summed E-state index contributed by atoms with van der Waals surface area (Å²) in [5.74, 6) is 1.51. The lowest BCUT2D eigenvalue weighted by atomic mass is 10.1. The highest BCUT2D eigenvalue weighted by molar-refractivity contribution is 7.92. The number of hydrogen-bond donors (Lipinski definition) is 2. The Morgan fingerprint density at radius 1 is 0.806 bits per heavy atom. The number of rotatable bonds is 10. The Labute approximate surface area is 210 Å². The van der Waals surface area contributed by atoms with Crippen molar-refractivity contribution >= 4 is 33.4 Å². The van der Waals surface area contributed by atoms with E-state index in [0.717, 1.165) is 0 Å². The summed E-state index contributed by atoms with van der Waals surface area (Å²) in [7, 11) is 2.14. The molecule has 3 aromatic rings. The van der Waals surface area contributed by atoms with Crippen molar-refractivity contribution in [3.63, 3.8) is 0 Å². The quantitative estimate of drug-likeness (QED) is 0.385. The maximum Gasteiger partial charge on any atom is 0.262 e. The van der Waals surface area contributed by atoms with Gasteiger partial charge in [-0.15, -0.1) is 0 Å². The molecule has 0 aromatic heterocycles. The lowest BCUT2D eigenvalue weighted by Crippen LogP contribution is -2.15. The van der Waals surface area contributed by atoms with E-state index in [1.54, 1.807) is 61.5 Å². The fourth-order valence-corrected chi connectivity index (χ4v) is 4.72. The highest BCUT2D eigenvalue weighted by Gasteiger charge is 2.18. The van der Waals surface area contributed by atoms with Crippen LogP contribution in [0.25, 0.3) is 6.08 Å². The Balaban J connectivity index is 1.78. The highest BCUT2D eigenvalue weighted by atomic mass is 32.2. The van der Waals surface area contributed by atoms with Crippen LogP contribution >= 0.6 is 0 Å². The molecule has 0 unspecified atom stereocenters. The second kappa shape index (κ2) is 11.5. The Bertz CT molecular complexity index is 1340. The molecule has 0 bridgehead atoms. The highest BCUT2D eigenvalue weighted by Crippen LogP contribution is 2.38. The van der Waals surface area contributed by atoms with E-state index in [1.807, 2.05) is 0 Å². The first kappa shape index (κ1) is 26.4. The van der Waals surface area contributed by atoms with E-state index < -0.39 is 15.9 Å². The molecule has 36 heavy (non-hydrogen) atoms. The normalized spacial score (nSPS) is 11.1. The van der Waals surface area contributed by atoms with Crippen molar-refractivity contribution in [3.05, 3.63) is 71.8 Å². The fraction of sp³-hybridized carbons (Fsp3) is 0.192. The minimum absolute atomic E-state index is 0.0460. The van der Waals surface area contributed by atoms with Gasteiger partial charge < -0.3 is 24.3 Å². The molecule has 0 radical (unpaired) electrons. The number of amides is 1. The molecule has 0 atom stereocenters. The molecular formula is C26H28N2O7S. The van der Waals surface area contributed by atoms with Gasteiger partial charge in [-0.3, -0.25) is 9.52 Å². The van der Waals surface area contributed by atoms with Crippen molar-refractivity contribution in [1.82, 2.24) is 0 Å². The molecule has 0 aliphatic rings. The van der Waals surface area contributed by atoms with Gasteiger partial charge in [-0.05, 0) is 72.7 Å². The molecule has 1 amide bonds. The van der Waals surface area contributed by atoms with Crippen molar-refractivity contribution in [2.24, 2.45) is 0 Å². The minimum Gasteiger partial charge on any atom is -0.497 e. The Kier molecular flexibility index (Phi) is 8.44. The van der Waals surface area contributed by atoms with Crippen molar-refractivity contribution in [3.8, 4) is 23.0 Å². The van der Waals surface area contributed by atoms with Crippen molar-refractivity contribution in [2.45, 2.75) is 11.8 Å². The number of carbonyl (C=O) groups is 1. The van der Waals surface area contributed by atoms with Gasteiger partial charge in [0.25, 0.3) is 10.0 Å². The van der Waals surface area contributed by atoms with Crippen LogP contribution in [-0.2, 0) is 14.8 Å². The number of sulfonamides is 1. The second-order valence-corrected chi connectivity index (χ2v) is 9.25. The molecule has 0 saturated heterocycles. The number of methoxy groups -OCH3 is 4. The molecule has 3 aromatic carbocycles. The molecule has 0 aliphatic carbocycles. The van der Waals surface area contributed by atoms with Gasteiger partial charge in [-0.1, -0.05) is 6.07 Å². The number of ether oxygens (including phenoxy) is 4. The fourth-order valence-electron chi connectivity index (χ4n) is 3.39. The zero-order valence-electron chi connectivity index (χ0n) is 20.6. The van der Waals surface area contributed by atoms with Gasteiger partial charge in [0.2, 0.25) is 11.7 Å². The molecule has 2 N–H and O–H groups in total. The predicted molar refractivity (Wildman–Crippen MR) is 139 cm³/mol. The van der Waals surface area contributed by atoms with Crippen molar-refractivity contribution < 1.29 is 32.2 Å². The SMILES string of the molecule is COc1ccc(NS(=O)(=O)c2cc(NC(=O)C=Cc3cc(OC)c(OC)c(OC)c3)ccc2C)cc1.